The molecular weight excluding hydrogens is 524 g/mol. The summed E-state index contributed by atoms with van der Waals surface area (Å²) in [5, 5.41) is 4.19. The SMILES string of the molecule is CCCCCC(=O)N1c2ccccc2NC2=C(C(=O)C[C@H](c3ccc(OC)c(OC)c3)C2)[C@H]1c1ccc(Cl)cc1. The largest absolute Gasteiger partial charge is 0.493 e. The molecule has 0 spiro atoms. The highest BCUT2D eigenvalue weighted by Gasteiger charge is 2.41. The summed E-state index contributed by atoms with van der Waals surface area (Å²) in [6.07, 6.45) is 4.16. The lowest BCUT2D eigenvalue weighted by Gasteiger charge is -2.35. The van der Waals surface area contributed by atoms with Crippen LogP contribution in [0, 0.1) is 0 Å². The molecule has 2 aliphatic rings. The van der Waals surface area contributed by atoms with Crippen molar-refractivity contribution in [2.24, 2.45) is 0 Å². The number of ether oxygens (including phenoxy) is 2. The van der Waals surface area contributed by atoms with Crippen LogP contribution in [0.1, 0.15) is 68.5 Å². The number of anilines is 2. The molecule has 1 aliphatic carbocycles. The monoisotopic (exact) mass is 558 g/mol. The molecule has 208 valence electrons. The molecule has 0 aromatic heterocycles. The summed E-state index contributed by atoms with van der Waals surface area (Å²) in [5.41, 5.74) is 4.93. The van der Waals surface area contributed by atoms with Gasteiger partial charge in [-0.25, -0.2) is 0 Å². The topological polar surface area (TPSA) is 67.9 Å². The van der Waals surface area contributed by atoms with E-state index in [1.165, 1.54) is 0 Å². The lowest BCUT2D eigenvalue weighted by molar-refractivity contribution is -0.119. The van der Waals surface area contributed by atoms with Gasteiger partial charge in [0.15, 0.2) is 17.3 Å². The normalized spacial score (nSPS) is 18.4. The number of carbonyl (C=O) groups excluding carboxylic acids is 2. The quantitative estimate of drug-likeness (QED) is 0.285. The smallest absolute Gasteiger partial charge is 0.227 e. The summed E-state index contributed by atoms with van der Waals surface area (Å²) in [6, 6.07) is 20.6. The third kappa shape index (κ3) is 5.46. The highest BCUT2D eigenvalue weighted by Crippen LogP contribution is 2.48. The fraction of sp³-hybridized carbons (Fsp3) is 0.333. The van der Waals surface area contributed by atoms with Gasteiger partial charge in [-0.05, 0) is 66.3 Å². The first kappa shape index (κ1) is 27.8. The summed E-state index contributed by atoms with van der Waals surface area (Å²) < 4.78 is 11.0. The highest BCUT2D eigenvalue weighted by atomic mass is 35.5. The van der Waals surface area contributed by atoms with Crippen molar-refractivity contribution in [2.45, 2.75) is 57.4 Å². The van der Waals surface area contributed by atoms with E-state index in [0.29, 0.717) is 41.4 Å². The van der Waals surface area contributed by atoms with E-state index in [-0.39, 0.29) is 17.6 Å². The van der Waals surface area contributed by atoms with E-state index >= 15 is 0 Å². The maximum Gasteiger partial charge on any atom is 0.227 e. The Bertz CT molecular complexity index is 1430. The Balaban J connectivity index is 1.64. The number of fused-ring (bicyclic) bond motifs is 1. The molecule has 0 radical (unpaired) electrons. The minimum Gasteiger partial charge on any atom is -0.493 e. The molecule has 0 bridgehead atoms. The average Bonchev–Trinajstić information content (AvgIpc) is 3.12. The number of nitrogens with one attached hydrogen (secondary N) is 1. The molecule has 0 saturated heterocycles. The molecule has 6 nitrogen and oxygen atoms in total. The number of Topliss-reactive ketones (excluding diaryl/α,β-unsaturated/α-hetero) is 1. The van der Waals surface area contributed by atoms with Crippen molar-refractivity contribution in [3.63, 3.8) is 0 Å². The predicted octanol–water partition coefficient (Wildman–Crippen LogP) is 7.84. The van der Waals surface area contributed by atoms with Gasteiger partial charge in [0.1, 0.15) is 0 Å². The Kier molecular flexibility index (Phi) is 8.46. The second kappa shape index (κ2) is 12.2. The van der Waals surface area contributed by atoms with Gasteiger partial charge in [0.25, 0.3) is 0 Å². The number of methoxy groups -OCH3 is 2. The summed E-state index contributed by atoms with van der Waals surface area (Å²) in [7, 11) is 3.22. The first-order valence-electron chi connectivity index (χ1n) is 13.9. The van der Waals surface area contributed by atoms with Crippen molar-refractivity contribution < 1.29 is 19.1 Å². The van der Waals surface area contributed by atoms with Crippen molar-refractivity contribution in [1.29, 1.82) is 0 Å². The Morgan fingerprint density at radius 2 is 1.68 bits per heavy atom. The van der Waals surface area contributed by atoms with E-state index in [9.17, 15) is 9.59 Å². The van der Waals surface area contributed by atoms with E-state index in [2.05, 4.69) is 12.2 Å². The Hall–Kier alpha value is -3.77. The molecule has 40 heavy (non-hydrogen) atoms. The summed E-state index contributed by atoms with van der Waals surface area (Å²) in [5.74, 6) is 1.26. The highest BCUT2D eigenvalue weighted by molar-refractivity contribution is 6.30. The van der Waals surface area contributed by atoms with E-state index < -0.39 is 6.04 Å². The van der Waals surface area contributed by atoms with Crippen molar-refractivity contribution in [3.05, 3.63) is 94.1 Å². The van der Waals surface area contributed by atoms with Crippen molar-refractivity contribution >= 4 is 34.7 Å². The lowest BCUT2D eigenvalue weighted by atomic mass is 9.78. The van der Waals surface area contributed by atoms with Crippen LogP contribution >= 0.6 is 11.6 Å². The van der Waals surface area contributed by atoms with Crippen LogP contribution < -0.4 is 19.7 Å². The average molecular weight is 559 g/mol. The van der Waals surface area contributed by atoms with E-state index in [1.54, 1.807) is 14.2 Å². The van der Waals surface area contributed by atoms with Gasteiger partial charge in [-0.2, -0.15) is 0 Å². The third-order valence-electron chi connectivity index (χ3n) is 7.82. The standard InChI is InChI=1S/C33H35ClN2O4/c1-4-5-6-11-31(38)36-27-10-8-7-9-25(27)35-26-18-23(22-14-17-29(39-2)30(20-22)40-3)19-28(37)32(26)33(36)21-12-15-24(34)16-13-21/h7-10,12-17,20,23,33,35H,4-6,11,18-19H2,1-3H3/t23-,33-/m1/s1. The summed E-state index contributed by atoms with van der Waals surface area (Å²) in [4.78, 5) is 29.9. The second-order valence-electron chi connectivity index (χ2n) is 10.4. The number of ketones is 1. The zero-order chi connectivity index (χ0) is 28.2. The number of benzene rings is 3. The van der Waals surface area contributed by atoms with Gasteiger partial charge in [-0.1, -0.05) is 61.7 Å². The van der Waals surface area contributed by atoms with Crippen LogP contribution in [-0.2, 0) is 9.59 Å². The number of nitrogens with zero attached hydrogens (tertiary/aromatic N) is 1. The Labute approximate surface area is 240 Å². The van der Waals surface area contributed by atoms with Crippen LogP contribution in [-0.4, -0.2) is 25.9 Å². The first-order chi connectivity index (χ1) is 19.4. The van der Waals surface area contributed by atoms with Gasteiger partial charge in [-0.3, -0.25) is 14.5 Å². The van der Waals surface area contributed by atoms with Crippen LogP contribution in [0.15, 0.2) is 78.0 Å². The molecule has 0 fully saturated rings. The maximum atomic E-state index is 14.2. The number of hydrogen-bond acceptors (Lipinski definition) is 5. The number of hydrogen-bond donors (Lipinski definition) is 1. The van der Waals surface area contributed by atoms with Gasteiger partial charge < -0.3 is 14.8 Å². The van der Waals surface area contributed by atoms with Crippen LogP contribution in [0.5, 0.6) is 11.5 Å². The van der Waals surface area contributed by atoms with Crippen molar-refractivity contribution in [1.82, 2.24) is 0 Å². The summed E-state index contributed by atoms with van der Waals surface area (Å²) >= 11 is 6.26. The van der Waals surface area contributed by atoms with Gasteiger partial charge in [0.05, 0.1) is 31.6 Å². The molecule has 1 amide bonds. The number of carbonyl (C=O) groups is 2. The predicted molar refractivity (Wildman–Crippen MR) is 159 cm³/mol. The molecule has 3 aromatic rings. The van der Waals surface area contributed by atoms with Crippen LogP contribution in [0.2, 0.25) is 5.02 Å². The molecular formula is C33H35ClN2O4. The molecule has 7 heteroatoms. The molecule has 0 unspecified atom stereocenters. The molecule has 5 rings (SSSR count). The third-order valence-corrected chi connectivity index (χ3v) is 8.07. The van der Waals surface area contributed by atoms with Gasteiger partial charge >= 0.3 is 0 Å². The minimum atomic E-state index is -0.559. The molecule has 3 aromatic carbocycles. The maximum absolute atomic E-state index is 14.2. The van der Waals surface area contributed by atoms with E-state index in [0.717, 1.165) is 47.5 Å². The van der Waals surface area contributed by atoms with Gasteiger partial charge in [0, 0.05) is 29.1 Å². The van der Waals surface area contributed by atoms with Gasteiger partial charge in [-0.15, -0.1) is 0 Å². The second-order valence-corrected chi connectivity index (χ2v) is 10.8. The number of amides is 1. The fourth-order valence-electron chi connectivity index (χ4n) is 5.81. The summed E-state index contributed by atoms with van der Waals surface area (Å²) in [6.45, 7) is 2.12. The fourth-order valence-corrected chi connectivity index (χ4v) is 5.94. The minimum absolute atomic E-state index is 0.00575. The number of rotatable bonds is 8. The number of allylic oxidation sites excluding steroid dienone is 1. The van der Waals surface area contributed by atoms with E-state index in [1.807, 2.05) is 71.6 Å². The van der Waals surface area contributed by atoms with Crippen molar-refractivity contribution in [3.8, 4) is 11.5 Å². The molecule has 1 aliphatic heterocycles. The van der Waals surface area contributed by atoms with Gasteiger partial charge in [0.2, 0.25) is 5.91 Å². The van der Waals surface area contributed by atoms with Crippen molar-refractivity contribution in [2.75, 3.05) is 24.4 Å². The Morgan fingerprint density at radius 3 is 2.40 bits per heavy atom. The number of halogens is 1. The van der Waals surface area contributed by atoms with Crippen LogP contribution in [0.4, 0.5) is 11.4 Å². The number of unbranched alkanes of at least 4 members (excludes halogenated alkanes) is 2. The molecule has 1 heterocycles. The molecule has 0 saturated carbocycles. The van der Waals surface area contributed by atoms with Crippen LogP contribution in [0.3, 0.4) is 0 Å². The zero-order valence-electron chi connectivity index (χ0n) is 23.2. The molecule has 2 atom stereocenters. The number of para-hydroxylation sites is 2. The lowest BCUT2D eigenvalue weighted by Crippen LogP contribution is -2.38. The zero-order valence-corrected chi connectivity index (χ0v) is 24.0. The Morgan fingerprint density at radius 1 is 0.950 bits per heavy atom. The molecule has 1 N–H and O–H groups in total. The first-order valence-corrected chi connectivity index (χ1v) is 14.2. The van der Waals surface area contributed by atoms with Crippen LogP contribution in [0.25, 0.3) is 0 Å². The van der Waals surface area contributed by atoms with E-state index in [4.69, 9.17) is 21.1 Å².